The number of benzene rings is 2. The van der Waals surface area contributed by atoms with Crippen molar-refractivity contribution in [3.8, 4) is 5.75 Å². The number of ether oxygens (including phenoxy) is 1. The first-order valence-corrected chi connectivity index (χ1v) is 6.13. The van der Waals surface area contributed by atoms with Gasteiger partial charge in [0.1, 0.15) is 17.4 Å². The van der Waals surface area contributed by atoms with E-state index in [0.29, 0.717) is 12.2 Å². The zero-order valence-electron chi connectivity index (χ0n) is 10.4. The van der Waals surface area contributed by atoms with Gasteiger partial charge >= 0.3 is 0 Å². The van der Waals surface area contributed by atoms with E-state index in [1.165, 1.54) is 0 Å². The number of fused-ring (bicyclic) bond motifs is 1. The average molecular weight is 275 g/mol. The summed E-state index contributed by atoms with van der Waals surface area (Å²) in [5.41, 5.74) is 1.02. The van der Waals surface area contributed by atoms with Gasteiger partial charge in [-0.2, -0.15) is 0 Å². The molecule has 102 valence electrons. The Hall–Kier alpha value is -2.43. The van der Waals surface area contributed by atoms with Crippen LogP contribution in [-0.2, 0) is 11.2 Å². The lowest BCUT2D eigenvalue weighted by Crippen LogP contribution is -2.31. The van der Waals surface area contributed by atoms with E-state index in [1.54, 1.807) is 6.07 Å². The number of hydrogen-bond donors (Lipinski definition) is 1. The number of halogens is 2. The van der Waals surface area contributed by atoms with Crippen LogP contribution in [0.1, 0.15) is 5.56 Å². The number of para-hydroxylation sites is 1. The van der Waals surface area contributed by atoms with Crippen LogP contribution in [0.15, 0.2) is 42.5 Å². The Morgan fingerprint density at radius 1 is 1.15 bits per heavy atom. The Kier molecular flexibility index (Phi) is 3.10. The number of anilines is 1. The van der Waals surface area contributed by atoms with E-state index in [2.05, 4.69) is 5.32 Å². The maximum atomic E-state index is 13.0. The zero-order valence-corrected chi connectivity index (χ0v) is 10.4. The van der Waals surface area contributed by atoms with Crippen LogP contribution in [0, 0.1) is 11.6 Å². The highest BCUT2D eigenvalue weighted by Gasteiger charge is 2.28. The Bertz CT molecular complexity index is 627. The van der Waals surface area contributed by atoms with Crippen LogP contribution in [0.5, 0.6) is 5.75 Å². The van der Waals surface area contributed by atoms with Gasteiger partial charge in [0, 0.05) is 18.2 Å². The normalized spacial score (nSPS) is 16.4. The Morgan fingerprint density at radius 2 is 1.85 bits per heavy atom. The van der Waals surface area contributed by atoms with Crippen molar-refractivity contribution >= 4 is 11.6 Å². The van der Waals surface area contributed by atoms with Crippen molar-refractivity contribution in [1.29, 1.82) is 0 Å². The third-order valence-electron chi connectivity index (χ3n) is 3.07. The molecule has 3 rings (SSSR count). The summed E-state index contributed by atoms with van der Waals surface area (Å²) in [6.07, 6.45) is -0.237. The second kappa shape index (κ2) is 4.92. The minimum Gasteiger partial charge on any atom is -0.480 e. The number of carbonyl (C=O) groups excluding carboxylic acids is 1. The van der Waals surface area contributed by atoms with Gasteiger partial charge in [0.05, 0.1) is 0 Å². The van der Waals surface area contributed by atoms with E-state index in [9.17, 15) is 13.6 Å². The van der Waals surface area contributed by atoms with Gasteiger partial charge in [-0.15, -0.1) is 0 Å². The van der Waals surface area contributed by atoms with E-state index in [0.717, 1.165) is 23.8 Å². The summed E-state index contributed by atoms with van der Waals surface area (Å²) in [7, 11) is 0. The van der Waals surface area contributed by atoms with Gasteiger partial charge < -0.3 is 10.1 Å². The first-order valence-electron chi connectivity index (χ1n) is 6.13. The van der Waals surface area contributed by atoms with Gasteiger partial charge in [0.15, 0.2) is 6.10 Å². The summed E-state index contributed by atoms with van der Waals surface area (Å²) in [5.74, 6) is -1.24. The maximum Gasteiger partial charge on any atom is 0.265 e. The molecule has 1 amide bonds. The van der Waals surface area contributed by atoms with E-state index in [4.69, 9.17) is 4.74 Å². The Morgan fingerprint density at radius 3 is 2.55 bits per heavy atom. The summed E-state index contributed by atoms with van der Waals surface area (Å²) >= 11 is 0. The second-order valence-corrected chi connectivity index (χ2v) is 4.57. The summed E-state index contributed by atoms with van der Waals surface area (Å²) in [4.78, 5) is 12.0. The van der Waals surface area contributed by atoms with E-state index >= 15 is 0 Å². The molecule has 20 heavy (non-hydrogen) atoms. The van der Waals surface area contributed by atoms with Gasteiger partial charge in [-0.3, -0.25) is 4.79 Å². The summed E-state index contributed by atoms with van der Waals surface area (Å²) in [5, 5.41) is 2.46. The fourth-order valence-corrected chi connectivity index (χ4v) is 2.18. The predicted molar refractivity (Wildman–Crippen MR) is 69.5 cm³/mol. The molecule has 1 aliphatic rings. The molecule has 1 N–H and O–H groups in total. The molecule has 1 unspecified atom stereocenters. The number of rotatable bonds is 2. The smallest absolute Gasteiger partial charge is 0.265 e. The molecule has 0 aromatic heterocycles. The van der Waals surface area contributed by atoms with E-state index in [1.807, 2.05) is 18.2 Å². The minimum absolute atomic E-state index is 0.0760. The number of amides is 1. The molecule has 0 saturated carbocycles. The molecule has 0 aliphatic carbocycles. The van der Waals surface area contributed by atoms with Gasteiger partial charge in [0.2, 0.25) is 0 Å². The largest absolute Gasteiger partial charge is 0.480 e. The molecular weight excluding hydrogens is 264 g/mol. The molecule has 1 heterocycles. The van der Waals surface area contributed by atoms with Crippen molar-refractivity contribution in [3.63, 3.8) is 0 Å². The predicted octanol–water partition coefficient (Wildman–Crippen LogP) is 2.91. The van der Waals surface area contributed by atoms with Crippen molar-refractivity contribution in [3.05, 3.63) is 59.7 Å². The molecule has 0 bridgehead atoms. The van der Waals surface area contributed by atoms with Gasteiger partial charge in [-0.05, 0) is 23.8 Å². The molecule has 2 aromatic carbocycles. The Balaban J connectivity index is 1.72. The summed E-state index contributed by atoms with van der Waals surface area (Å²) in [6, 6.07) is 10.2. The summed E-state index contributed by atoms with van der Waals surface area (Å²) < 4.78 is 31.6. The van der Waals surface area contributed by atoms with E-state index < -0.39 is 23.6 Å². The van der Waals surface area contributed by atoms with Gasteiger partial charge in [-0.25, -0.2) is 8.78 Å². The number of hydrogen-bond acceptors (Lipinski definition) is 2. The molecule has 0 radical (unpaired) electrons. The van der Waals surface area contributed by atoms with Crippen LogP contribution in [0.3, 0.4) is 0 Å². The molecule has 3 nitrogen and oxygen atoms in total. The van der Waals surface area contributed by atoms with E-state index in [-0.39, 0.29) is 5.69 Å². The highest BCUT2D eigenvalue weighted by molar-refractivity contribution is 5.95. The van der Waals surface area contributed by atoms with Gasteiger partial charge in [0.25, 0.3) is 5.91 Å². The topological polar surface area (TPSA) is 38.3 Å². The quantitative estimate of drug-likeness (QED) is 0.915. The van der Waals surface area contributed by atoms with Gasteiger partial charge in [-0.1, -0.05) is 18.2 Å². The first-order chi connectivity index (χ1) is 9.61. The van der Waals surface area contributed by atoms with Crippen LogP contribution in [0.4, 0.5) is 14.5 Å². The SMILES string of the molecule is O=C(Nc1cc(F)cc(F)c1)C1Cc2ccccc2O1. The summed E-state index contributed by atoms with van der Waals surface area (Å²) in [6.45, 7) is 0. The standard InChI is InChI=1S/C15H11F2NO2/c16-10-6-11(17)8-12(7-10)18-15(19)14-5-9-3-1-2-4-13(9)20-14/h1-4,6-8,14H,5H2,(H,18,19). The van der Waals surface area contributed by atoms with Crippen molar-refractivity contribution in [2.45, 2.75) is 12.5 Å². The molecule has 0 spiro atoms. The van der Waals surface area contributed by atoms with Crippen LogP contribution in [0.2, 0.25) is 0 Å². The minimum atomic E-state index is -0.740. The van der Waals surface area contributed by atoms with Crippen LogP contribution in [0.25, 0.3) is 0 Å². The fourth-order valence-electron chi connectivity index (χ4n) is 2.18. The number of carbonyl (C=O) groups is 1. The van der Waals surface area contributed by atoms with Crippen molar-refractivity contribution < 1.29 is 18.3 Å². The first kappa shape index (κ1) is 12.6. The highest BCUT2D eigenvalue weighted by Crippen LogP contribution is 2.28. The lowest BCUT2D eigenvalue weighted by atomic mass is 10.1. The fraction of sp³-hybridized carbons (Fsp3) is 0.133. The van der Waals surface area contributed by atoms with Crippen LogP contribution in [-0.4, -0.2) is 12.0 Å². The lowest BCUT2D eigenvalue weighted by molar-refractivity contribution is -0.122. The third kappa shape index (κ3) is 2.47. The monoisotopic (exact) mass is 275 g/mol. The third-order valence-corrected chi connectivity index (χ3v) is 3.07. The maximum absolute atomic E-state index is 13.0. The van der Waals surface area contributed by atoms with Crippen LogP contribution >= 0.6 is 0 Å². The molecular formula is C15H11F2NO2. The molecule has 1 atom stereocenters. The van der Waals surface area contributed by atoms with Crippen molar-refractivity contribution in [2.24, 2.45) is 0 Å². The van der Waals surface area contributed by atoms with Crippen molar-refractivity contribution in [1.82, 2.24) is 0 Å². The highest BCUT2D eigenvalue weighted by atomic mass is 19.1. The molecule has 0 fully saturated rings. The second-order valence-electron chi connectivity index (χ2n) is 4.57. The Labute approximate surface area is 114 Å². The molecule has 1 aliphatic heterocycles. The zero-order chi connectivity index (χ0) is 14.1. The molecule has 0 saturated heterocycles. The average Bonchev–Trinajstić information content (AvgIpc) is 2.81. The molecule has 5 heteroatoms. The lowest BCUT2D eigenvalue weighted by Gasteiger charge is -2.11. The van der Waals surface area contributed by atoms with Crippen molar-refractivity contribution in [2.75, 3.05) is 5.32 Å². The molecule has 2 aromatic rings. The van der Waals surface area contributed by atoms with Crippen LogP contribution < -0.4 is 10.1 Å². The number of nitrogens with one attached hydrogen (secondary N) is 1.